The second-order valence-corrected chi connectivity index (χ2v) is 8.28. The molecule has 0 radical (unpaired) electrons. The first-order valence-corrected chi connectivity index (χ1v) is 10.6. The number of aryl methyl sites for hydroxylation is 2. The van der Waals surface area contributed by atoms with Crippen molar-refractivity contribution in [3.8, 4) is 5.75 Å². The van der Waals surface area contributed by atoms with E-state index in [-0.39, 0.29) is 18.4 Å². The number of imide groups is 1. The van der Waals surface area contributed by atoms with Crippen molar-refractivity contribution >= 4 is 23.5 Å². The van der Waals surface area contributed by atoms with Crippen molar-refractivity contribution in [2.45, 2.75) is 38.1 Å². The van der Waals surface area contributed by atoms with Gasteiger partial charge in [-0.05, 0) is 61.9 Å². The van der Waals surface area contributed by atoms with Crippen LogP contribution in [0.5, 0.6) is 5.75 Å². The van der Waals surface area contributed by atoms with Gasteiger partial charge in [0.1, 0.15) is 17.8 Å². The number of nitrogens with one attached hydrogen (secondary N) is 1. The molecule has 2 heterocycles. The lowest BCUT2D eigenvalue weighted by atomic mass is 9.93. The molecule has 31 heavy (non-hydrogen) atoms. The van der Waals surface area contributed by atoms with Crippen LogP contribution in [-0.4, -0.2) is 48.5 Å². The van der Waals surface area contributed by atoms with Gasteiger partial charge in [0.05, 0.1) is 7.11 Å². The van der Waals surface area contributed by atoms with Crippen LogP contribution in [0.15, 0.2) is 48.5 Å². The second kappa shape index (κ2) is 8.41. The van der Waals surface area contributed by atoms with E-state index < -0.39 is 11.6 Å². The molecule has 2 aromatic rings. The highest BCUT2D eigenvalue weighted by atomic mass is 16.5. The number of anilines is 1. The number of ether oxygens (including phenoxy) is 1. The van der Waals surface area contributed by atoms with E-state index in [1.54, 1.807) is 18.9 Å². The SMILES string of the molecule is COc1ccc(CC[C@@]2(C)NC(=O)N(CC(=O)N3CCCc4ccccc43)C2=O)cc1. The molecule has 1 fully saturated rings. The number of rotatable bonds is 6. The summed E-state index contributed by atoms with van der Waals surface area (Å²) in [4.78, 5) is 41.4. The first kappa shape index (κ1) is 20.9. The molecule has 0 aromatic heterocycles. The minimum atomic E-state index is -1.03. The Morgan fingerprint density at radius 1 is 1.13 bits per heavy atom. The molecule has 0 unspecified atom stereocenters. The monoisotopic (exact) mass is 421 g/mol. The topological polar surface area (TPSA) is 79.0 Å². The van der Waals surface area contributed by atoms with Crippen LogP contribution >= 0.6 is 0 Å². The maximum absolute atomic E-state index is 13.1. The molecule has 0 saturated carbocycles. The van der Waals surface area contributed by atoms with Gasteiger partial charge in [0.25, 0.3) is 5.91 Å². The Balaban J connectivity index is 1.42. The molecule has 2 aromatic carbocycles. The predicted octanol–water partition coefficient (Wildman–Crippen LogP) is 2.92. The average molecular weight is 421 g/mol. The van der Waals surface area contributed by atoms with E-state index in [9.17, 15) is 14.4 Å². The van der Waals surface area contributed by atoms with Gasteiger partial charge in [-0.2, -0.15) is 0 Å². The van der Waals surface area contributed by atoms with E-state index >= 15 is 0 Å². The average Bonchev–Trinajstić information content (AvgIpc) is 3.00. The molecule has 1 N–H and O–H groups in total. The summed E-state index contributed by atoms with van der Waals surface area (Å²) < 4.78 is 5.17. The van der Waals surface area contributed by atoms with E-state index in [1.807, 2.05) is 48.5 Å². The van der Waals surface area contributed by atoms with Crippen molar-refractivity contribution in [1.29, 1.82) is 0 Å². The Morgan fingerprint density at radius 2 is 1.87 bits per heavy atom. The fourth-order valence-corrected chi connectivity index (χ4v) is 4.26. The fraction of sp³-hybridized carbons (Fsp3) is 0.375. The van der Waals surface area contributed by atoms with Crippen molar-refractivity contribution in [3.05, 3.63) is 59.7 Å². The number of nitrogens with zero attached hydrogens (tertiary/aromatic N) is 2. The van der Waals surface area contributed by atoms with E-state index in [1.165, 1.54) is 0 Å². The lowest BCUT2D eigenvalue weighted by molar-refractivity contribution is -0.134. The summed E-state index contributed by atoms with van der Waals surface area (Å²) in [6.45, 7) is 2.06. The maximum Gasteiger partial charge on any atom is 0.325 e. The maximum atomic E-state index is 13.1. The van der Waals surface area contributed by atoms with Crippen LogP contribution in [0.25, 0.3) is 0 Å². The van der Waals surface area contributed by atoms with Crippen LogP contribution in [0.3, 0.4) is 0 Å². The number of para-hydroxylation sites is 1. The number of urea groups is 1. The molecule has 2 aliphatic heterocycles. The van der Waals surface area contributed by atoms with Crippen molar-refractivity contribution in [1.82, 2.24) is 10.2 Å². The third-order valence-corrected chi connectivity index (χ3v) is 6.12. The van der Waals surface area contributed by atoms with Gasteiger partial charge in [-0.1, -0.05) is 30.3 Å². The Labute approximate surface area is 182 Å². The summed E-state index contributed by atoms with van der Waals surface area (Å²) in [6.07, 6.45) is 2.85. The summed E-state index contributed by atoms with van der Waals surface area (Å²) in [5.74, 6) is 0.170. The van der Waals surface area contributed by atoms with Crippen molar-refractivity contribution in [2.75, 3.05) is 25.1 Å². The van der Waals surface area contributed by atoms with Crippen LogP contribution in [0.1, 0.15) is 30.9 Å². The molecule has 0 spiro atoms. The molecular formula is C24H27N3O4. The van der Waals surface area contributed by atoms with E-state index in [0.717, 1.165) is 40.3 Å². The van der Waals surface area contributed by atoms with Gasteiger partial charge in [-0.25, -0.2) is 4.79 Å². The minimum absolute atomic E-state index is 0.241. The lowest BCUT2D eigenvalue weighted by Gasteiger charge is -2.30. The second-order valence-electron chi connectivity index (χ2n) is 8.28. The number of amides is 4. The van der Waals surface area contributed by atoms with Gasteiger partial charge in [0.2, 0.25) is 5.91 Å². The molecule has 1 saturated heterocycles. The predicted molar refractivity (Wildman–Crippen MR) is 117 cm³/mol. The number of carbonyl (C=O) groups is 3. The molecular weight excluding hydrogens is 394 g/mol. The zero-order valence-electron chi connectivity index (χ0n) is 17.9. The summed E-state index contributed by atoms with van der Waals surface area (Å²) in [6, 6.07) is 14.9. The number of fused-ring (bicyclic) bond motifs is 1. The molecule has 2 aliphatic rings. The molecule has 4 amide bonds. The summed E-state index contributed by atoms with van der Waals surface area (Å²) >= 11 is 0. The van der Waals surface area contributed by atoms with Gasteiger partial charge in [-0.3, -0.25) is 14.5 Å². The molecule has 7 nitrogen and oxygen atoms in total. The zero-order chi connectivity index (χ0) is 22.0. The van der Waals surface area contributed by atoms with Gasteiger partial charge in [0.15, 0.2) is 0 Å². The Hall–Kier alpha value is -3.35. The van der Waals surface area contributed by atoms with E-state index in [4.69, 9.17) is 4.74 Å². The minimum Gasteiger partial charge on any atom is -0.497 e. The number of hydrogen-bond donors (Lipinski definition) is 1. The highest BCUT2D eigenvalue weighted by Crippen LogP contribution is 2.28. The highest BCUT2D eigenvalue weighted by Gasteiger charge is 2.48. The number of methoxy groups -OCH3 is 1. The van der Waals surface area contributed by atoms with Gasteiger partial charge in [-0.15, -0.1) is 0 Å². The molecule has 162 valence electrons. The molecule has 7 heteroatoms. The van der Waals surface area contributed by atoms with Crippen LogP contribution < -0.4 is 15.0 Å². The van der Waals surface area contributed by atoms with Crippen molar-refractivity contribution in [2.24, 2.45) is 0 Å². The van der Waals surface area contributed by atoms with Crippen molar-refractivity contribution in [3.63, 3.8) is 0 Å². The zero-order valence-corrected chi connectivity index (χ0v) is 17.9. The standard InChI is InChI=1S/C24H27N3O4/c1-24(14-13-17-9-11-19(31-2)12-10-17)22(29)27(23(30)25-24)16-21(28)26-15-5-7-18-6-3-4-8-20(18)26/h3-4,6,8-12H,5,7,13-16H2,1-2H3,(H,25,30)/t24-/m1/s1. The first-order valence-electron chi connectivity index (χ1n) is 10.6. The van der Waals surface area contributed by atoms with E-state index in [2.05, 4.69) is 5.32 Å². The highest BCUT2D eigenvalue weighted by molar-refractivity contribution is 6.10. The quantitative estimate of drug-likeness (QED) is 0.728. The van der Waals surface area contributed by atoms with Crippen LogP contribution in [0.4, 0.5) is 10.5 Å². The smallest absolute Gasteiger partial charge is 0.325 e. The number of hydrogen-bond acceptors (Lipinski definition) is 4. The summed E-state index contributed by atoms with van der Waals surface area (Å²) in [7, 11) is 1.61. The molecule has 4 rings (SSSR count). The summed E-state index contributed by atoms with van der Waals surface area (Å²) in [5.41, 5.74) is 2.00. The van der Waals surface area contributed by atoms with Gasteiger partial charge >= 0.3 is 6.03 Å². The first-order chi connectivity index (χ1) is 14.9. The molecule has 0 aliphatic carbocycles. The fourth-order valence-electron chi connectivity index (χ4n) is 4.26. The van der Waals surface area contributed by atoms with E-state index in [0.29, 0.717) is 19.4 Å². The molecule has 1 atom stereocenters. The van der Waals surface area contributed by atoms with Gasteiger partial charge < -0.3 is 15.0 Å². The Morgan fingerprint density at radius 3 is 2.61 bits per heavy atom. The molecule has 0 bridgehead atoms. The summed E-state index contributed by atoms with van der Waals surface area (Å²) in [5, 5.41) is 2.79. The van der Waals surface area contributed by atoms with Crippen molar-refractivity contribution < 1.29 is 19.1 Å². The Kier molecular flexibility index (Phi) is 5.67. The number of benzene rings is 2. The third-order valence-electron chi connectivity index (χ3n) is 6.12. The van der Waals surface area contributed by atoms with Crippen LogP contribution in [-0.2, 0) is 22.4 Å². The number of carbonyl (C=O) groups excluding carboxylic acids is 3. The van der Waals surface area contributed by atoms with Crippen LogP contribution in [0.2, 0.25) is 0 Å². The third kappa shape index (κ3) is 4.13. The normalized spacial score (nSPS) is 20.5. The lowest BCUT2D eigenvalue weighted by Crippen LogP contribution is -2.47. The largest absolute Gasteiger partial charge is 0.497 e. The van der Waals surface area contributed by atoms with Gasteiger partial charge in [0, 0.05) is 12.2 Å². The van der Waals surface area contributed by atoms with Crippen LogP contribution in [0, 0.1) is 0 Å². The Bertz CT molecular complexity index is 1000.